The molecule has 0 aliphatic carbocycles. The van der Waals surface area contributed by atoms with Crippen molar-refractivity contribution in [3.63, 3.8) is 0 Å². The molecular formula is C9H10N2OS. The third kappa shape index (κ3) is 3.75. The molecule has 0 fully saturated rings. The van der Waals surface area contributed by atoms with E-state index in [0.717, 1.165) is 5.56 Å². The Bertz CT molecular complexity index is 298. The van der Waals surface area contributed by atoms with E-state index in [1.54, 1.807) is 6.21 Å². The molecule has 0 atom stereocenters. The number of hydrazone groups is 1. The number of thiol groups is 1. The quantitative estimate of drug-likeness (QED) is 0.422. The van der Waals surface area contributed by atoms with Crippen LogP contribution in [0.3, 0.4) is 0 Å². The summed E-state index contributed by atoms with van der Waals surface area (Å²) in [6.07, 6.45) is 1.58. The molecule has 0 saturated heterocycles. The van der Waals surface area contributed by atoms with Crippen LogP contribution in [0.5, 0.6) is 0 Å². The van der Waals surface area contributed by atoms with Crippen LogP contribution < -0.4 is 5.43 Å². The van der Waals surface area contributed by atoms with Gasteiger partial charge in [0.1, 0.15) is 0 Å². The van der Waals surface area contributed by atoms with Crippen molar-refractivity contribution in [2.75, 3.05) is 5.75 Å². The van der Waals surface area contributed by atoms with Gasteiger partial charge in [-0.2, -0.15) is 17.7 Å². The summed E-state index contributed by atoms with van der Waals surface area (Å²) in [6, 6.07) is 9.53. The molecule has 68 valence electrons. The second-order valence-electron chi connectivity index (χ2n) is 2.36. The van der Waals surface area contributed by atoms with Gasteiger partial charge >= 0.3 is 0 Å². The molecule has 0 unspecified atom stereocenters. The second kappa shape index (κ2) is 5.37. The number of hydrogen-bond acceptors (Lipinski definition) is 3. The first-order valence-electron chi connectivity index (χ1n) is 3.81. The minimum absolute atomic E-state index is 0.145. The fraction of sp³-hybridized carbons (Fsp3) is 0.111. The van der Waals surface area contributed by atoms with E-state index >= 15 is 0 Å². The molecule has 0 bridgehead atoms. The minimum atomic E-state index is -0.212. The van der Waals surface area contributed by atoms with Crippen molar-refractivity contribution < 1.29 is 4.79 Å². The third-order valence-electron chi connectivity index (χ3n) is 1.35. The van der Waals surface area contributed by atoms with E-state index in [0.29, 0.717) is 0 Å². The average Bonchev–Trinajstić information content (AvgIpc) is 2.19. The van der Waals surface area contributed by atoms with Gasteiger partial charge in [-0.05, 0) is 5.56 Å². The summed E-state index contributed by atoms with van der Waals surface area (Å²) >= 11 is 3.79. The van der Waals surface area contributed by atoms with Crippen LogP contribution in [-0.4, -0.2) is 17.9 Å². The molecule has 0 radical (unpaired) electrons. The van der Waals surface area contributed by atoms with Crippen molar-refractivity contribution in [3.05, 3.63) is 35.9 Å². The van der Waals surface area contributed by atoms with E-state index < -0.39 is 0 Å². The van der Waals surface area contributed by atoms with Crippen molar-refractivity contribution in [1.29, 1.82) is 0 Å². The third-order valence-corrected chi connectivity index (χ3v) is 1.63. The molecule has 0 aromatic heterocycles. The zero-order valence-electron chi connectivity index (χ0n) is 6.97. The van der Waals surface area contributed by atoms with Crippen LogP contribution in [0.15, 0.2) is 35.4 Å². The maximum atomic E-state index is 10.7. The summed E-state index contributed by atoms with van der Waals surface area (Å²) in [5.41, 5.74) is 3.28. The summed E-state index contributed by atoms with van der Waals surface area (Å²) in [6.45, 7) is 0. The number of carbonyl (C=O) groups excluding carboxylic acids is 1. The van der Waals surface area contributed by atoms with Crippen molar-refractivity contribution in [1.82, 2.24) is 5.43 Å². The molecule has 1 N–H and O–H groups in total. The van der Waals surface area contributed by atoms with Gasteiger partial charge in [-0.25, -0.2) is 5.43 Å². The SMILES string of the molecule is O=C(CS)N/N=C/c1ccccc1. The van der Waals surface area contributed by atoms with Crippen LogP contribution in [-0.2, 0) is 4.79 Å². The normalized spacial score (nSPS) is 10.2. The zero-order valence-corrected chi connectivity index (χ0v) is 7.87. The lowest BCUT2D eigenvalue weighted by Crippen LogP contribution is -2.18. The van der Waals surface area contributed by atoms with E-state index in [9.17, 15) is 4.79 Å². The number of amides is 1. The molecule has 13 heavy (non-hydrogen) atoms. The fourth-order valence-corrected chi connectivity index (χ4v) is 0.824. The molecule has 0 saturated carbocycles. The summed E-state index contributed by atoms with van der Waals surface area (Å²) in [4.78, 5) is 10.7. The molecule has 0 aliphatic heterocycles. The van der Waals surface area contributed by atoms with Gasteiger partial charge in [-0.15, -0.1) is 0 Å². The van der Waals surface area contributed by atoms with Crippen molar-refractivity contribution in [2.24, 2.45) is 5.10 Å². The Morgan fingerprint density at radius 1 is 1.46 bits per heavy atom. The zero-order chi connectivity index (χ0) is 9.52. The van der Waals surface area contributed by atoms with E-state index in [-0.39, 0.29) is 11.7 Å². The number of benzene rings is 1. The molecular weight excluding hydrogens is 184 g/mol. The largest absolute Gasteiger partial charge is 0.272 e. The van der Waals surface area contributed by atoms with E-state index in [4.69, 9.17) is 0 Å². The maximum absolute atomic E-state index is 10.7. The Morgan fingerprint density at radius 2 is 2.15 bits per heavy atom. The second-order valence-corrected chi connectivity index (χ2v) is 2.68. The maximum Gasteiger partial charge on any atom is 0.249 e. The monoisotopic (exact) mass is 194 g/mol. The Labute approximate surface area is 82.3 Å². The van der Waals surface area contributed by atoms with Crippen LogP contribution in [0.4, 0.5) is 0 Å². The van der Waals surface area contributed by atoms with Gasteiger partial charge in [0.05, 0.1) is 12.0 Å². The number of nitrogens with zero attached hydrogens (tertiary/aromatic N) is 1. The van der Waals surface area contributed by atoms with Gasteiger partial charge in [0.2, 0.25) is 5.91 Å². The van der Waals surface area contributed by atoms with E-state index in [1.165, 1.54) is 0 Å². The molecule has 1 rings (SSSR count). The number of hydrogen-bond donors (Lipinski definition) is 2. The van der Waals surface area contributed by atoms with Crippen molar-refractivity contribution in [3.8, 4) is 0 Å². The summed E-state index contributed by atoms with van der Waals surface area (Å²) in [7, 11) is 0. The van der Waals surface area contributed by atoms with Crippen molar-refractivity contribution >= 4 is 24.8 Å². The van der Waals surface area contributed by atoms with Gasteiger partial charge in [0.15, 0.2) is 0 Å². The predicted molar refractivity (Wildman–Crippen MR) is 56.0 cm³/mol. The first-order chi connectivity index (χ1) is 6.33. The fourth-order valence-electron chi connectivity index (χ4n) is 0.753. The van der Waals surface area contributed by atoms with Gasteiger partial charge in [0.25, 0.3) is 0 Å². The smallest absolute Gasteiger partial charge is 0.249 e. The van der Waals surface area contributed by atoms with Crippen LogP contribution in [0.2, 0.25) is 0 Å². The van der Waals surface area contributed by atoms with Gasteiger partial charge < -0.3 is 0 Å². The average molecular weight is 194 g/mol. The molecule has 0 heterocycles. The molecule has 0 spiro atoms. The summed E-state index contributed by atoms with van der Waals surface area (Å²) < 4.78 is 0. The van der Waals surface area contributed by atoms with Gasteiger partial charge in [-0.1, -0.05) is 30.3 Å². The Hall–Kier alpha value is -1.29. The molecule has 4 heteroatoms. The minimum Gasteiger partial charge on any atom is -0.272 e. The Morgan fingerprint density at radius 3 is 2.77 bits per heavy atom. The lowest BCUT2D eigenvalue weighted by Gasteiger charge is -1.93. The highest BCUT2D eigenvalue weighted by molar-refractivity contribution is 7.81. The van der Waals surface area contributed by atoms with E-state index in [2.05, 4.69) is 23.2 Å². The van der Waals surface area contributed by atoms with Crippen LogP contribution in [0, 0.1) is 0 Å². The number of nitrogens with one attached hydrogen (secondary N) is 1. The lowest BCUT2D eigenvalue weighted by molar-refractivity contribution is -0.118. The topological polar surface area (TPSA) is 41.5 Å². The van der Waals surface area contributed by atoms with Crippen LogP contribution in [0.1, 0.15) is 5.56 Å². The summed E-state index contributed by atoms with van der Waals surface area (Å²) in [5, 5.41) is 3.74. The first-order valence-corrected chi connectivity index (χ1v) is 4.44. The predicted octanol–water partition coefficient (Wildman–Crippen LogP) is 1.07. The lowest BCUT2D eigenvalue weighted by atomic mass is 10.2. The summed E-state index contributed by atoms with van der Waals surface area (Å²) in [5.74, 6) is -0.0675. The highest BCUT2D eigenvalue weighted by Gasteiger charge is 1.91. The van der Waals surface area contributed by atoms with Gasteiger partial charge in [0, 0.05) is 0 Å². The molecule has 1 amide bonds. The van der Waals surface area contributed by atoms with Crippen LogP contribution >= 0.6 is 12.6 Å². The van der Waals surface area contributed by atoms with Crippen LogP contribution in [0.25, 0.3) is 0 Å². The molecule has 0 aliphatic rings. The van der Waals surface area contributed by atoms with E-state index in [1.807, 2.05) is 30.3 Å². The molecule has 1 aromatic carbocycles. The highest BCUT2D eigenvalue weighted by atomic mass is 32.1. The molecule has 3 nitrogen and oxygen atoms in total. The number of carbonyl (C=O) groups is 1. The Balaban J connectivity index is 2.45. The number of rotatable bonds is 3. The first kappa shape index (κ1) is 9.80. The van der Waals surface area contributed by atoms with Crippen molar-refractivity contribution in [2.45, 2.75) is 0 Å². The van der Waals surface area contributed by atoms with Gasteiger partial charge in [-0.3, -0.25) is 4.79 Å². The molecule has 1 aromatic rings. The highest BCUT2D eigenvalue weighted by Crippen LogP contribution is 1.92. The Kier molecular flexibility index (Phi) is 4.05. The standard InChI is InChI=1S/C9H10N2OS/c12-9(7-13)11-10-6-8-4-2-1-3-5-8/h1-6,13H,7H2,(H,11,12)/b10-6+.